The van der Waals surface area contributed by atoms with E-state index in [0.29, 0.717) is 0 Å². The summed E-state index contributed by atoms with van der Waals surface area (Å²) in [6.45, 7) is 11.3. The molecular weight excluding hydrogens is 348 g/mol. The van der Waals surface area contributed by atoms with Crippen molar-refractivity contribution >= 4 is 32.3 Å². The van der Waals surface area contributed by atoms with Crippen LogP contribution in [0.5, 0.6) is 0 Å². The monoisotopic (exact) mass is 374 g/mol. The number of hydrogen-bond donors (Lipinski definition) is 0. The SMILES string of the molecule is CCCc1sc2c(-c3cc(C(C)(C)C)c4ccccc4c3)ncnc2c1C. The Labute approximate surface area is 165 Å². The second-order valence-corrected chi connectivity index (χ2v) is 9.40. The number of rotatable bonds is 3. The first-order chi connectivity index (χ1) is 12.9. The maximum absolute atomic E-state index is 4.72. The summed E-state index contributed by atoms with van der Waals surface area (Å²) in [6, 6.07) is 13.3. The summed E-state index contributed by atoms with van der Waals surface area (Å²) in [7, 11) is 0. The van der Waals surface area contributed by atoms with Crippen LogP contribution in [-0.4, -0.2) is 9.97 Å². The Kier molecular flexibility index (Phi) is 4.51. The van der Waals surface area contributed by atoms with Crippen molar-refractivity contribution in [3.8, 4) is 11.3 Å². The van der Waals surface area contributed by atoms with Crippen molar-refractivity contribution in [1.82, 2.24) is 9.97 Å². The van der Waals surface area contributed by atoms with Gasteiger partial charge < -0.3 is 0 Å². The molecule has 0 spiro atoms. The predicted octanol–water partition coefficient (Wildman–Crippen LogP) is 7.07. The van der Waals surface area contributed by atoms with Crippen LogP contribution < -0.4 is 0 Å². The number of nitrogens with zero attached hydrogens (tertiary/aromatic N) is 2. The first-order valence-electron chi connectivity index (χ1n) is 9.66. The Morgan fingerprint density at radius 3 is 2.56 bits per heavy atom. The molecule has 4 rings (SSSR count). The molecule has 2 heterocycles. The summed E-state index contributed by atoms with van der Waals surface area (Å²) in [4.78, 5) is 10.8. The van der Waals surface area contributed by atoms with Gasteiger partial charge in [-0.25, -0.2) is 9.97 Å². The van der Waals surface area contributed by atoms with Crippen LogP contribution in [0.15, 0.2) is 42.7 Å². The summed E-state index contributed by atoms with van der Waals surface area (Å²) in [5.41, 5.74) is 6.11. The van der Waals surface area contributed by atoms with Crippen LogP contribution in [0.1, 0.15) is 50.1 Å². The van der Waals surface area contributed by atoms with Gasteiger partial charge in [-0.1, -0.05) is 58.4 Å². The molecule has 138 valence electrons. The number of thiophene rings is 1. The Hall–Kier alpha value is -2.26. The van der Waals surface area contributed by atoms with E-state index in [1.165, 1.54) is 37.0 Å². The molecule has 0 aliphatic carbocycles. The van der Waals surface area contributed by atoms with Gasteiger partial charge >= 0.3 is 0 Å². The number of benzene rings is 2. The number of aromatic nitrogens is 2. The lowest BCUT2D eigenvalue weighted by molar-refractivity contribution is 0.596. The third-order valence-electron chi connectivity index (χ3n) is 5.22. The van der Waals surface area contributed by atoms with Gasteiger partial charge in [-0.15, -0.1) is 11.3 Å². The lowest BCUT2D eigenvalue weighted by Crippen LogP contribution is -2.12. The van der Waals surface area contributed by atoms with Gasteiger partial charge in [0.2, 0.25) is 0 Å². The van der Waals surface area contributed by atoms with Crippen LogP contribution in [0.3, 0.4) is 0 Å². The average Bonchev–Trinajstić information content (AvgIpc) is 2.96. The molecule has 2 nitrogen and oxygen atoms in total. The molecule has 0 amide bonds. The van der Waals surface area contributed by atoms with Crippen molar-refractivity contribution in [2.24, 2.45) is 0 Å². The van der Waals surface area contributed by atoms with Gasteiger partial charge in [-0.05, 0) is 52.8 Å². The van der Waals surface area contributed by atoms with Gasteiger partial charge in [-0.3, -0.25) is 0 Å². The van der Waals surface area contributed by atoms with Crippen LogP contribution in [0.25, 0.3) is 32.2 Å². The smallest absolute Gasteiger partial charge is 0.116 e. The summed E-state index contributed by atoms with van der Waals surface area (Å²) < 4.78 is 1.22. The normalized spacial score (nSPS) is 12.2. The van der Waals surface area contributed by atoms with Gasteiger partial charge in [0.05, 0.1) is 15.9 Å². The lowest BCUT2D eigenvalue weighted by Gasteiger charge is -2.22. The topological polar surface area (TPSA) is 25.8 Å². The highest BCUT2D eigenvalue weighted by Gasteiger charge is 2.20. The Morgan fingerprint density at radius 2 is 1.81 bits per heavy atom. The second kappa shape index (κ2) is 6.72. The molecule has 0 aliphatic heterocycles. The molecule has 0 bridgehead atoms. The van der Waals surface area contributed by atoms with Crippen molar-refractivity contribution in [1.29, 1.82) is 0 Å². The minimum absolute atomic E-state index is 0.0699. The molecular formula is C24H26N2S. The molecule has 0 saturated carbocycles. The van der Waals surface area contributed by atoms with Gasteiger partial charge in [0.1, 0.15) is 6.33 Å². The molecule has 0 fully saturated rings. The molecule has 4 aromatic rings. The predicted molar refractivity (Wildman–Crippen MR) is 118 cm³/mol. The molecule has 0 saturated heterocycles. The van der Waals surface area contributed by atoms with E-state index in [1.54, 1.807) is 6.33 Å². The van der Waals surface area contributed by atoms with Gasteiger partial charge in [0.15, 0.2) is 0 Å². The third-order valence-corrected chi connectivity index (χ3v) is 6.57. The zero-order chi connectivity index (χ0) is 19.2. The van der Waals surface area contributed by atoms with Crippen molar-refractivity contribution in [2.45, 2.75) is 52.9 Å². The highest BCUT2D eigenvalue weighted by atomic mass is 32.1. The molecule has 27 heavy (non-hydrogen) atoms. The molecule has 0 radical (unpaired) electrons. The summed E-state index contributed by atoms with van der Waals surface area (Å²) >= 11 is 1.86. The van der Waals surface area contributed by atoms with Crippen LogP contribution in [0.4, 0.5) is 0 Å². The fourth-order valence-electron chi connectivity index (χ4n) is 3.81. The minimum atomic E-state index is 0.0699. The number of fused-ring (bicyclic) bond motifs is 2. The van der Waals surface area contributed by atoms with E-state index in [1.807, 2.05) is 11.3 Å². The maximum Gasteiger partial charge on any atom is 0.116 e. The number of aryl methyl sites for hydroxylation is 2. The lowest BCUT2D eigenvalue weighted by atomic mass is 9.82. The van der Waals surface area contributed by atoms with Gasteiger partial charge in [0.25, 0.3) is 0 Å². The first-order valence-corrected chi connectivity index (χ1v) is 10.5. The Bertz CT molecular complexity index is 1130. The number of hydrogen-bond acceptors (Lipinski definition) is 3. The van der Waals surface area contributed by atoms with Gasteiger partial charge in [0, 0.05) is 10.4 Å². The van der Waals surface area contributed by atoms with E-state index < -0.39 is 0 Å². The van der Waals surface area contributed by atoms with E-state index in [-0.39, 0.29) is 5.41 Å². The molecule has 3 heteroatoms. The van der Waals surface area contributed by atoms with Crippen molar-refractivity contribution in [3.05, 3.63) is 58.7 Å². The fourth-order valence-corrected chi connectivity index (χ4v) is 5.18. The highest BCUT2D eigenvalue weighted by molar-refractivity contribution is 7.19. The van der Waals surface area contributed by atoms with E-state index in [0.717, 1.165) is 24.1 Å². The van der Waals surface area contributed by atoms with Crippen molar-refractivity contribution in [2.75, 3.05) is 0 Å². The molecule has 2 aromatic carbocycles. The largest absolute Gasteiger partial charge is 0.235 e. The molecule has 2 aromatic heterocycles. The molecule has 0 N–H and O–H groups in total. The van der Waals surface area contributed by atoms with Crippen LogP contribution >= 0.6 is 11.3 Å². The molecule has 0 atom stereocenters. The highest BCUT2D eigenvalue weighted by Crippen LogP contribution is 2.39. The van der Waals surface area contributed by atoms with Crippen LogP contribution in [-0.2, 0) is 11.8 Å². The summed E-state index contributed by atoms with van der Waals surface area (Å²) in [5, 5.41) is 2.60. The van der Waals surface area contributed by atoms with Crippen LogP contribution in [0.2, 0.25) is 0 Å². The Morgan fingerprint density at radius 1 is 1.04 bits per heavy atom. The van der Waals surface area contributed by atoms with Crippen molar-refractivity contribution < 1.29 is 0 Å². The second-order valence-electron chi connectivity index (χ2n) is 8.30. The molecule has 0 unspecified atom stereocenters. The van der Waals surface area contributed by atoms with E-state index in [2.05, 4.69) is 76.0 Å². The van der Waals surface area contributed by atoms with E-state index >= 15 is 0 Å². The average molecular weight is 375 g/mol. The molecule has 0 aliphatic rings. The standard InChI is InChI=1S/C24H26N2S/c1-6-9-20-15(2)21-23(27-20)22(26-14-25-21)17-12-16-10-7-8-11-18(16)19(13-17)24(3,4)5/h7-8,10-14H,6,9H2,1-5H3. The quantitative estimate of drug-likeness (QED) is 0.383. The first kappa shape index (κ1) is 18.1. The Balaban J connectivity index is 2.02. The maximum atomic E-state index is 4.72. The van der Waals surface area contributed by atoms with Gasteiger partial charge in [-0.2, -0.15) is 0 Å². The third kappa shape index (κ3) is 3.14. The summed E-state index contributed by atoms with van der Waals surface area (Å²) in [6.07, 6.45) is 3.98. The van der Waals surface area contributed by atoms with Crippen LogP contribution in [0, 0.1) is 6.92 Å². The zero-order valence-electron chi connectivity index (χ0n) is 16.8. The fraction of sp³-hybridized carbons (Fsp3) is 0.333. The summed E-state index contributed by atoms with van der Waals surface area (Å²) in [5.74, 6) is 0. The van der Waals surface area contributed by atoms with E-state index in [9.17, 15) is 0 Å². The van der Waals surface area contributed by atoms with Crippen molar-refractivity contribution in [3.63, 3.8) is 0 Å². The van der Waals surface area contributed by atoms with E-state index in [4.69, 9.17) is 4.98 Å². The zero-order valence-corrected chi connectivity index (χ0v) is 17.6. The minimum Gasteiger partial charge on any atom is -0.235 e.